The van der Waals surface area contributed by atoms with E-state index in [1.165, 1.54) is 11.4 Å². The van der Waals surface area contributed by atoms with Gasteiger partial charge < -0.3 is 4.98 Å². The first-order chi connectivity index (χ1) is 10.8. The molecule has 0 aliphatic rings. The molecule has 0 aliphatic carbocycles. The Hall–Kier alpha value is -1.58. The largest absolute Gasteiger partial charge is 0.345 e. The summed E-state index contributed by atoms with van der Waals surface area (Å²) >= 11 is 0. The smallest absolute Gasteiger partial charge is 0.108 e. The highest BCUT2D eigenvalue weighted by Gasteiger charge is 2.22. The van der Waals surface area contributed by atoms with Gasteiger partial charge in [-0.1, -0.05) is 76.7 Å². The molecule has 4 nitrogen and oxygen atoms in total. The maximum atomic E-state index is 4.33. The van der Waals surface area contributed by atoms with Gasteiger partial charge in [0.05, 0.1) is 5.69 Å². The number of imidazole rings is 1. The van der Waals surface area contributed by atoms with E-state index in [0.717, 1.165) is 11.5 Å². The Kier molecular flexibility index (Phi) is 8.13. The van der Waals surface area contributed by atoms with E-state index in [9.17, 15) is 0 Å². The van der Waals surface area contributed by atoms with E-state index in [1.54, 1.807) is 0 Å². The summed E-state index contributed by atoms with van der Waals surface area (Å²) in [4.78, 5) is 7.58. The van der Waals surface area contributed by atoms with Crippen LogP contribution in [0.15, 0.2) is 12.3 Å². The first kappa shape index (κ1) is 23.4. The summed E-state index contributed by atoms with van der Waals surface area (Å²) in [7, 11) is 0. The molecule has 0 fully saturated rings. The lowest BCUT2D eigenvalue weighted by atomic mass is 9.88. The maximum Gasteiger partial charge on any atom is 0.108 e. The van der Waals surface area contributed by atoms with Crippen molar-refractivity contribution < 1.29 is 0 Å². The molecular weight excluding hydrogens is 308 g/mol. The van der Waals surface area contributed by atoms with E-state index in [0.29, 0.717) is 11.8 Å². The normalized spacial score (nSPS) is 12.0. The van der Waals surface area contributed by atoms with Crippen molar-refractivity contribution in [2.45, 2.75) is 99.3 Å². The van der Waals surface area contributed by atoms with Crippen LogP contribution >= 0.6 is 0 Å². The van der Waals surface area contributed by atoms with Gasteiger partial charge in [-0.15, -0.1) is 0 Å². The van der Waals surface area contributed by atoms with Crippen LogP contribution in [-0.4, -0.2) is 20.2 Å². The lowest BCUT2D eigenvalue weighted by molar-refractivity contribution is 0.563. The average Bonchev–Trinajstić information content (AvgIpc) is 3.08. The van der Waals surface area contributed by atoms with E-state index in [4.69, 9.17) is 0 Å². The number of H-pyrrole nitrogens is 2. The molecule has 0 radical (unpaired) electrons. The second kappa shape index (κ2) is 8.68. The fraction of sp³-hybridized carbons (Fsp3) is 0.714. The molecule has 144 valence electrons. The highest BCUT2D eigenvalue weighted by atomic mass is 15.1. The van der Waals surface area contributed by atoms with Gasteiger partial charge in [-0.3, -0.25) is 5.10 Å². The van der Waals surface area contributed by atoms with Gasteiger partial charge in [0.15, 0.2) is 0 Å². The molecule has 2 rings (SSSR count). The van der Waals surface area contributed by atoms with Crippen LogP contribution in [0.5, 0.6) is 0 Å². The van der Waals surface area contributed by atoms with Gasteiger partial charge in [-0.05, 0) is 12.0 Å². The van der Waals surface area contributed by atoms with Gasteiger partial charge >= 0.3 is 0 Å². The van der Waals surface area contributed by atoms with Gasteiger partial charge in [0.2, 0.25) is 0 Å². The van der Waals surface area contributed by atoms with Crippen molar-refractivity contribution in [3.8, 4) is 0 Å². The maximum absolute atomic E-state index is 4.33. The van der Waals surface area contributed by atoms with Crippen molar-refractivity contribution in [1.82, 2.24) is 20.2 Å². The highest BCUT2D eigenvalue weighted by molar-refractivity contribution is 5.21. The summed E-state index contributed by atoms with van der Waals surface area (Å²) in [5.41, 5.74) is 3.87. The monoisotopic (exact) mass is 348 g/mol. The third-order valence-corrected chi connectivity index (χ3v) is 3.94. The van der Waals surface area contributed by atoms with Crippen LogP contribution in [0.3, 0.4) is 0 Å². The number of rotatable bonds is 2. The molecule has 0 unspecified atom stereocenters. The first-order valence-electron chi connectivity index (χ1n) is 8.93. The van der Waals surface area contributed by atoms with E-state index >= 15 is 0 Å². The van der Waals surface area contributed by atoms with Crippen LogP contribution < -0.4 is 0 Å². The van der Waals surface area contributed by atoms with Crippen LogP contribution in [0, 0.1) is 0 Å². The van der Waals surface area contributed by atoms with Crippen molar-refractivity contribution in [2.75, 3.05) is 0 Å². The zero-order valence-corrected chi connectivity index (χ0v) is 17.2. The van der Waals surface area contributed by atoms with Crippen molar-refractivity contribution in [3.63, 3.8) is 0 Å². The first-order valence-corrected chi connectivity index (χ1v) is 8.93. The lowest BCUT2D eigenvalue weighted by Crippen LogP contribution is -2.12. The topological polar surface area (TPSA) is 57.4 Å². The molecule has 2 heterocycles. The summed E-state index contributed by atoms with van der Waals surface area (Å²) < 4.78 is 0. The van der Waals surface area contributed by atoms with Crippen LogP contribution in [0.25, 0.3) is 0 Å². The Morgan fingerprint density at radius 3 is 1.68 bits per heavy atom. The Labute approximate surface area is 155 Å². The molecule has 0 aromatic carbocycles. The zero-order chi connectivity index (χ0) is 18.7. The lowest BCUT2D eigenvalue weighted by Gasteiger charge is -2.16. The molecule has 0 saturated heterocycles. The van der Waals surface area contributed by atoms with E-state index in [2.05, 4.69) is 95.5 Å². The molecule has 0 spiro atoms. The molecule has 0 bridgehead atoms. The zero-order valence-electron chi connectivity index (χ0n) is 17.2. The molecule has 4 heteroatoms. The Morgan fingerprint density at radius 1 is 0.880 bits per heavy atom. The van der Waals surface area contributed by atoms with Crippen molar-refractivity contribution >= 4 is 0 Å². The highest BCUT2D eigenvalue weighted by Crippen LogP contribution is 2.26. The average molecular weight is 349 g/mol. The summed E-state index contributed by atoms with van der Waals surface area (Å²) in [6.07, 6.45) is 1.93. The van der Waals surface area contributed by atoms with Gasteiger partial charge in [0.25, 0.3) is 0 Å². The number of nitrogens with zero attached hydrogens (tertiary/aromatic N) is 2. The van der Waals surface area contributed by atoms with Crippen LogP contribution in [-0.2, 0) is 10.8 Å². The van der Waals surface area contributed by atoms with E-state index in [-0.39, 0.29) is 18.3 Å². The molecule has 0 atom stereocenters. The van der Waals surface area contributed by atoms with Crippen LogP contribution in [0.2, 0.25) is 0 Å². The Morgan fingerprint density at radius 2 is 1.44 bits per heavy atom. The minimum Gasteiger partial charge on any atom is -0.345 e. The number of hydrogen-bond donors (Lipinski definition) is 2. The van der Waals surface area contributed by atoms with Gasteiger partial charge in [-0.2, -0.15) is 5.10 Å². The van der Waals surface area contributed by atoms with Crippen molar-refractivity contribution in [3.05, 3.63) is 35.2 Å². The van der Waals surface area contributed by atoms with Gasteiger partial charge in [0.1, 0.15) is 5.82 Å². The third-order valence-electron chi connectivity index (χ3n) is 3.94. The molecule has 0 aliphatic heterocycles. The third kappa shape index (κ3) is 7.05. The fourth-order valence-corrected chi connectivity index (χ4v) is 2.03. The number of hydrogen-bond acceptors (Lipinski definition) is 2. The summed E-state index contributed by atoms with van der Waals surface area (Å²) in [6, 6.07) is 2.17. The molecule has 25 heavy (non-hydrogen) atoms. The molecule has 2 aromatic rings. The summed E-state index contributed by atoms with van der Waals surface area (Å²) in [6.45, 7) is 21.7. The number of aromatic nitrogens is 4. The number of nitrogens with one attached hydrogen (secondary N) is 2. The Balaban J connectivity index is 0.000000449. The number of aromatic amines is 2. The summed E-state index contributed by atoms with van der Waals surface area (Å²) in [5, 5.41) is 7.43. The van der Waals surface area contributed by atoms with Gasteiger partial charge in [-0.25, -0.2) is 4.98 Å². The predicted molar refractivity (Wildman–Crippen MR) is 109 cm³/mol. The SMILES string of the molecule is C.CC(C)(C)c1cc(C(C)(C)C)[nH]n1.CC(C)c1cnc(C(C)C)[nH]1. The van der Waals surface area contributed by atoms with Crippen molar-refractivity contribution in [1.29, 1.82) is 0 Å². The second-order valence-corrected chi connectivity index (χ2v) is 9.20. The van der Waals surface area contributed by atoms with Crippen LogP contribution in [0.1, 0.15) is 111 Å². The molecule has 2 N–H and O–H groups in total. The minimum atomic E-state index is 0. The molecule has 2 aromatic heterocycles. The van der Waals surface area contributed by atoms with Crippen molar-refractivity contribution in [2.24, 2.45) is 0 Å². The van der Waals surface area contributed by atoms with Crippen LogP contribution in [0.4, 0.5) is 0 Å². The summed E-state index contributed by atoms with van der Waals surface area (Å²) in [5.74, 6) is 2.14. The molecular formula is C21H40N4. The Bertz CT molecular complexity index is 568. The molecule has 0 saturated carbocycles. The fourth-order valence-electron chi connectivity index (χ4n) is 2.03. The second-order valence-electron chi connectivity index (χ2n) is 9.20. The van der Waals surface area contributed by atoms with E-state index in [1.807, 2.05) is 6.20 Å². The quantitative estimate of drug-likeness (QED) is 0.669. The molecule has 0 amide bonds. The predicted octanol–water partition coefficient (Wildman–Crippen LogP) is 6.30. The van der Waals surface area contributed by atoms with Gasteiger partial charge in [0, 0.05) is 34.3 Å². The standard InChI is InChI=1S/C11H20N2.C9H16N2.CH4/c1-10(2,3)8-7-9(13-12-8)11(4,5)6;1-6(2)8-5-10-9(11-8)7(3)4;/h7H,1-6H3,(H,12,13);5-7H,1-4H3,(H,10,11);1H4. The van der Waals surface area contributed by atoms with E-state index < -0.39 is 0 Å². The minimum absolute atomic E-state index is 0.